The lowest BCUT2D eigenvalue weighted by molar-refractivity contribution is -0.115. The Kier molecular flexibility index (Phi) is 4.72. The molecule has 0 fully saturated rings. The van der Waals surface area contributed by atoms with E-state index in [1.54, 1.807) is 25.1 Å². The van der Waals surface area contributed by atoms with Gasteiger partial charge in [0.1, 0.15) is 0 Å². The van der Waals surface area contributed by atoms with E-state index in [1.165, 1.54) is 0 Å². The molecule has 0 heterocycles. The maximum atomic E-state index is 12.2. The molecule has 2 aromatic carbocycles. The molecular formula is C17H18N2O2. The van der Waals surface area contributed by atoms with Gasteiger partial charge in [0.15, 0.2) is 0 Å². The third kappa shape index (κ3) is 3.69. The molecule has 0 aliphatic heterocycles. The van der Waals surface area contributed by atoms with Crippen molar-refractivity contribution in [2.75, 3.05) is 10.6 Å². The summed E-state index contributed by atoms with van der Waals surface area (Å²) in [5, 5.41) is 5.69. The van der Waals surface area contributed by atoms with Crippen LogP contribution in [0.5, 0.6) is 0 Å². The van der Waals surface area contributed by atoms with Crippen molar-refractivity contribution in [2.45, 2.75) is 20.3 Å². The van der Waals surface area contributed by atoms with Crippen LogP contribution in [-0.2, 0) is 4.79 Å². The molecule has 4 heteroatoms. The maximum absolute atomic E-state index is 12.2. The number of nitrogens with one attached hydrogen (secondary N) is 2. The van der Waals surface area contributed by atoms with Crippen molar-refractivity contribution in [1.82, 2.24) is 0 Å². The van der Waals surface area contributed by atoms with Gasteiger partial charge < -0.3 is 10.6 Å². The molecule has 0 bridgehead atoms. The van der Waals surface area contributed by atoms with Crippen molar-refractivity contribution in [1.29, 1.82) is 0 Å². The van der Waals surface area contributed by atoms with Crippen molar-refractivity contribution in [3.8, 4) is 0 Å². The molecule has 4 nitrogen and oxygen atoms in total. The summed E-state index contributed by atoms with van der Waals surface area (Å²) in [6.45, 7) is 3.66. The lowest BCUT2D eigenvalue weighted by Gasteiger charge is -2.13. The molecule has 0 saturated heterocycles. The van der Waals surface area contributed by atoms with E-state index in [4.69, 9.17) is 0 Å². The molecule has 2 amide bonds. The van der Waals surface area contributed by atoms with Crippen LogP contribution in [0.25, 0.3) is 0 Å². The third-order valence-electron chi connectivity index (χ3n) is 3.21. The second kappa shape index (κ2) is 6.70. The number of rotatable bonds is 4. The van der Waals surface area contributed by atoms with Crippen LogP contribution < -0.4 is 10.6 Å². The first-order chi connectivity index (χ1) is 10.1. The second-order valence-corrected chi connectivity index (χ2v) is 4.70. The molecule has 0 radical (unpaired) electrons. The average molecular weight is 282 g/mol. The fourth-order valence-electron chi connectivity index (χ4n) is 1.93. The van der Waals surface area contributed by atoms with Crippen LogP contribution in [0.1, 0.15) is 29.3 Å². The number of hydrogen-bond donors (Lipinski definition) is 2. The first-order valence-electron chi connectivity index (χ1n) is 6.87. The van der Waals surface area contributed by atoms with Gasteiger partial charge in [0.2, 0.25) is 5.91 Å². The zero-order chi connectivity index (χ0) is 15.2. The van der Waals surface area contributed by atoms with E-state index in [1.807, 2.05) is 37.3 Å². The molecule has 21 heavy (non-hydrogen) atoms. The van der Waals surface area contributed by atoms with E-state index in [0.717, 1.165) is 5.56 Å². The van der Waals surface area contributed by atoms with Gasteiger partial charge in [-0.1, -0.05) is 31.2 Å². The van der Waals surface area contributed by atoms with Gasteiger partial charge in [0.05, 0.1) is 0 Å². The van der Waals surface area contributed by atoms with Gasteiger partial charge in [-0.05, 0) is 36.8 Å². The predicted octanol–water partition coefficient (Wildman–Crippen LogP) is 3.60. The lowest BCUT2D eigenvalue weighted by atomic mass is 10.1. The van der Waals surface area contributed by atoms with E-state index < -0.39 is 0 Å². The highest BCUT2D eigenvalue weighted by atomic mass is 16.2. The first-order valence-corrected chi connectivity index (χ1v) is 6.87. The highest BCUT2D eigenvalue weighted by Crippen LogP contribution is 2.24. The van der Waals surface area contributed by atoms with Gasteiger partial charge in [-0.3, -0.25) is 9.59 Å². The van der Waals surface area contributed by atoms with Crippen LogP contribution in [0.3, 0.4) is 0 Å². The Morgan fingerprint density at radius 3 is 2.14 bits per heavy atom. The molecule has 0 atom stereocenters. The smallest absolute Gasteiger partial charge is 0.255 e. The fourth-order valence-corrected chi connectivity index (χ4v) is 1.93. The maximum Gasteiger partial charge on any atom is 0.255 e. The highest BCUT2D eigenvalue weighted by Gasteiger charge is 2.10. The molecule has 0 unspecified atom stereocenters. The summed E-state index contributed by atoms with van der Waals surface area (Å²) < 4.78 is 0. The van der Waals surface area contributed by atoms with Gasteiger partial charge in [-0.15, -0.1) is 0 Å². The van der Waals surface area contributed by atoms with Crippen LogP contribution in [0.4, 0.5) is 11.4 Å². The summed E-state index contributed by atoms with van der Waals surface area (Å²) in [5.74, 6) is -0.220. The van der Waals surface area contributed by atoms with Crippen molar-refractivity contribution < 1.29 is 9.59 Å². The summed E-state index contributed by atoms with van der Waals surface area (Å²) in [7, 11) is 0. The number of hydrogen-bond acceptors (Lipinski definition) is 2. The van der Waals surface area contributed by atoms with Gasteiger partial charge in [0, 0.05) is 23.4 Å². The minimum atomic E-state index is -0.169. The van der Waals surface area contributed by atoms with Crippen LogP contribution in [0, 0.1) is 6.92 Å². The topological polar surface area (TPSA) is 58.2 Å². The molecule has 0 saturated carbocycles. The number of carbonyl (C=O) groups is 2. The lowest BCUT2D eigenvalue weighted by Crippen LogP contribution is -2.15. The summed E-state index contributed by atoms with van der Waals surface area (Å²) in [5.41, 5.74) is 2.84. The van der Waals surface area contributed by atoms with Crippen molar-refractivity contribution in [2.24, 2.45) is 0 Å². The summed E-state index contributed by atoms with van der Waals surface area (Å²) in [4.78, 5) is 23.6. The van der Waals surface area contributed by atoms with Gasteiger partial charge in [-0.25, -0.2) is 0 Å². The van der Waals surface area contributed by atoms with Gasteiger partial charge >= 0.3 is 0 Å². The summed E-state index contributed by atoms with van der Waals surface area (Å²) >= 11 is 0. The SMILES string of the molecule is CCC(=O)Nc1cccc(NC(=O)c2ccccc2)c1C. The largest absolute Gasteiger partial charge is 0.326 e. The second-order valence-electron chi connectivity index (χ2n) is 4.70. The van der Waals surface area contributed by atoms with E-state index in [-0.39, 0.29) is 11.8 Å². The molecule has 0 aliphatic rings. The minimum absolute atomic E-state index is 0.0513. The highest BCUT2D eigenvalue weighted by molar-refractivity contribution is 6.05. The molecule has 0 aromatic heterocycles. The molecule has 0 spiro atoms. The van der Waals surface area contributed by atoms with Crippen LogP contribution in [0.15, 0.2) is 48.5 Å². The Bertz CT molecular complexity index is 651. The first kappa shape index (κ1) is 14.8. The molecule has 0 aliphatic carbocycles. The fraction of sp³-hybridized carbons (Fsp3) is 0.176. The normalized spacial score (nSPS) is 10.0. The molecule has 108 valence electrons. The van der Waals surface area contributed by atoms with Crippen LogP contribution in [0.2, 0.25) is 0 Å². The minimum Gasteiger partial charge on any atom is -0.326 e. The van der Waals surface area contributed by atoms with E-state index >= 15 is 0 Å². The number of benzene rings is 2. The average Bonchev–Trinajstić information content (AvgIpc) is 2.52. The van der Waals surface area contributed by atoms with Gasteiger partial charge in [0.25, 0.3) is 5.91 Å². The number of carbonyl (C=O) groups excluding carboxylic acids is 2. The molecule has 2 N–H and O–H groups in total. The Hall–Kier alpha value is -2.62. The Morgan fingerprint density at radius 2 is 1.52 bits per heavy atom. The monoisotopic (exact) mass is 282 g/mol. The molecular weight excluding hydrogens is 264 g/mol. The number of anilines is 2. The quantitative estimate of drug-likeness (QED) is 0.900. The standard InChI is InChI=1S/C17H18N2O2/c1-3-16(20)18-14-10-7-11-15(12(14)2)19-17(21)13-8-5-4-6-9-13/h4-11H,3H2,1-2H3,(H,18,20)(H,19,21). The third-order valence-corrected chi connectivity index (χ3v) is 3.21. The summed E-state index contributed by atoms with van der Waals surface area (Å²) in [6, 6.07) is 14.5. The van der Waals surface area contributed by atoms with Crippen molar-refractivity contribution >= 4 is 23.2 Å². The Labute approximate surface area is 124 Å². The van der Waals surface area contributed by atoms with E-state index in [0.29, 0.717) is 23.4 Å². The Morgan fingerprint density at radius 1 is 0.905 bits per heavy atom. The molecule has 2 rings (SSSR count). The van der Waals surface area contributed by atoms with E-state index in [9.17, 15) is 9.59 Å². The number of amides is 2. The Balaban J connectivity index is 2.19. The zero-order valence-corrected chi connectivity index (χ0v) is 12.1. The molecule has 2 aromatic rings. The predicted molar refractivity (Wildman–Crippen MR) is 84.5 cm³/mol. The van der Waals surface area contributed by atoms with Crippen molar-refractivity contribution in [3.05, 3.63) is 59.7 Å². The van der Waals surface area contributed by atoms with E-state index in [2.05, 4.69) is 10.6 Å². The van der Waals surface area contributed by atoms with Crippen LogP contribution in [-0.4, -0.2) is 11.8 Å². The van der Waals surface area contributed by atoms with Crippen LogP contribution >= 0.6 is 0 Å². The van der Waals surface area contributed by atoms with Crippen molar-refractivity contribution in [3.63, 3.8) is 0 Å². The van der Waals surface area contributed by atoms with Gasteiger partial charge in [-0.2, -0.15) is 0 Å². The zero-order valence-electron chi connectivity index (χ0n) is 12.1. The summed E-state index contributed by atoms with van der Waals surface area (Å²) in [6.07, 6.45) is 0.417.